The van der Waals surface area contributed by atoms with Crippen LogP contribution in [0.1, 0.15) is 16.8 Å². The maximum Gasteiger partial charge on any atom is 0.261 e. The zero-order valence-electron chi connectivity index (χ0n) is 12.2. The van der Waals surface area contributed by atoms with Gasteiger partial charge < -0.3 is 4.90 Å². The molecular formula is C16H15ClN2O3S. The summed E-state index contributed by atoms with van der Waals surface area (Å²) >= 11 is 5.86. The quantitative estimate of drug-likeness (QED) is 0.921. The third kappa shape index (κ3) is 3.48. The third-order valence-corrected chi connectivity index (χ3v) is 5.23. The van der Waals surface area contributed by atoms with Gasteiger partial charge in [0.1, 0.15) is 0 Å². The number of benzene rings is 2. The molecule has 120 valence electrons. The lowest BCUT2D eigenvalue weighted by atomic mass is 10.1. The van der Waals surface area contributed by atoms with Crippen molar-refractivity contribution in [3.8, 4) is 0 Å². The van der Waals surface area contributed by atoms with Crippen LogP contribution in [-0.4, -0.2) is 32.3 Å². The van der Waals surface area contributed by atoms with Crippen LogP contribution in [0.15, 0.2) is 53.4 Å². The molecule has 0 unspecified atom stereocenters. The van der Waals surface area contributed by atoms with Crippen molar-refractivity contribution in [1.82, 2.24) is 4.90 Å². The Balaban J connectivity index is 1.86. The van der Waals surface area contributed by atoms with Gasteiger partial charge in [-0.15, -0.1) is 0 Å². The van der Waals surface area contributed by atoms with Gasteiger partial charge in [0, 0.05) is 23.7 Å². The monoisotopic (exact) mass is 350 g/mol. The molecule has 3 rings (SSSR count). The van der Waals surface area contributed by atoms with Gasteiger partial charge in [-0.05, 0) is 42.8 Å². The Morgan fingerprint density at radius 1 is 1.09 bits per heavy atom. The summed E-state index contributed by atoms with van der Waals surface area (Å²) in [6.07, 6.45) is 0.986. The maximum atomic E-state index is 12.5. The smallest absolute Gasteiger partial charge is 0.261 e. The van der Waals surface area contributed by atoms with Crippen LogP contribution < -0.4 is 4.72 Å². The first-order chi connectivity index (χ1) is 11.0. The second-order valence-electron chi connectivity index (χ2n) is 5.29. The topological polar surface area (TPSA) is 66.5 Å². The van der Waals surface area contributed by atoms with Crippen LogP contribution in [0.3, 0.4) is 0 Å². The van der Waals surface area contributed by atoms with Crippen molar-refractivity contribution in [2.24, 2.45) is 0 Å². The fourth-order valence-electron chi connectivity index (χ4n) is 2.26. The van der Waals surface area contributed by atoms with E-state index in [0.717, 1.165) is 19.5 Å². The lowest BCUT2D eigenvalue weighted by Crippen LogP contribution is -2.42. The first-order valence-electron chi connectivity index (χ1n) is 7.13. The molecule has 1 fully saturated rings. The van der Waals surface area contributed by atoms with Crippen LogP contribution in [0.4, 0.5) is 5.69 Å². The van der Waals surface area contributed by atoms with Crippen molar-refractivity contribution in [2.75, 3.05) is 17.8 Å². The summed E-state index contributed by atoms with van der Waals surface area (Å²) in [4.78, 5) is 13.9. The van der Waals surface area contributed by atoms with Gasteiger partial charge in [-0.3, -0.25) is 9.52 Å². The van der Waals surface area contributed by atoms with Crippen LogP contribution in [0.5, 0.6) is 0 Å². The number of hydrogen-bond donors (Lipinski definition) is 1. The van der Waals surface area contributed by atoms with Crippen molar-refractivity contribution in [2.45, 2.75) is 11.3 Å². The Bertz CT molecular complexity index is 848. The lowest BCUT2D eigenvalue weighted by molar-refractivity contribution is 0.0651. The van der Waals surface area contributed by atoms with Crippen LogP contribution in [0, 0.1) is 0 Å². The third-order valence-electron chi connectivity index (χ3n) is 3.61. The second-order valence-corrected chi connectivity index (χ2v) is 7.41. The fraction of sp³-hybridized carbons (Fsp3) is 0.188. The Kier molecular flexibility index (Phi) is 4.28. The van der Waals surface area contributed by atoms with E-state index in [1.807, 2.05) is 0 Å². The highest BCUT2D eigenvalue weighted by molar-refractivity contribution is 7.92. The molecule has 2 aromatic carbocycles. The maximum absolute atomic E-state index is 12.5. The average molecular weight is 351 g/mol. The summed E-state index contributed by atoms with van der Waals surface area (Å²) in [6.45, 7) is 1.44. The van der Waals surface area contributed by atoms with Crippen molar-refractivity contribution >= 4 is 33.2 Å². The molecule has 23 heavy (non-hydrogen) atoms. The molecule has 1 aliphatic heterocycles. The minimum absolute atomic E-state index is 0.0452. The van der Waals surface area contributed by atoms with Crippen LogP contribution >= 0.6 is 11.6 Å². The van der Waals surface area contributed by atoms with E-state index >= 15 is 0 Å². The standard InChI is InChI=1S/C16H15ClN2O3S/c17-13-5-2-6-14(11-13)18-23(21,22)15-7-1-4-12(10-15)16(20)19-8-3-9-19/h1-2,4-7,10-11,18H,3,8-9H2. The molecule has 2 aromatic rings. The summed E-state index contributed by atoms with van der Waals surface area (Å²) in [5, 5.41) is 0.437. The molecule has 0 spiro atoms. The minimum atomic E-state index is -3.78. The van der Waals surface area contributed by atoms with Gasteiger partial charge in [-0.1, -0.05) is 23.7 Å². The largest absolute Gasteiger partial charge is 0.339 e. The van der Waals surface area contributed by atoms with Crippen molar-refractivity contribution in [3.63, 3.8) is 0 Å². The van der Waals surface area contributed by atoms with Gasteiger partial charge in [0.05, 0.1) is 10.6 Å². The normalized spacial score (nSPS) is 14.2. The van der Waals surface area contributed by atoms with Crippen molar-refractivity contribution < 1.29 is 13.2 Å². The van der Waals surface area contributed by atoms with E-state index in [2.05, 4.69) is 4.72 Å². The highest BCUT2D eigenvalue weighted by atomic mass is 35.5. The van der Waals surface area contributed by atoms with Gasteiger partial charge >= 0.3 is 0 Å². The number of carbonyl (C=O) groups excluding carboxylic acids is 1. The number of likely N-dealkylation sites (tertiary alicyclic amines) is 1. The summed E-state index contributed by atoms with van der Waals surface area (Å²) < 4.78 is 27.4. The fourth-order valence-corrected chi connectivity index (χ4v) is 3.55. The number of nitrogens with one attached hydrogen (secondary N) is 1. The molecule has 0 saturated carbocycles. The molecule has 0 atom stereocenters. The van der Waals surface area contributed by atoms with E-state index in [1.54, 1.807) is 35.2 Å². The van der Waals surface area contributed by atoms with Gasteiger partial charge in [0.2, 0.25) is 0 Å². The molecule has 0 bridgehead atoms. The summed E-state index contributed by atoms with van der Waals surface area (Å²) in [7, 11) is -3.78. The van der Waals surface area contributed by atoms with E-state index in [9.17, 15) is 13.2 Å². The minimum Gasteiger partial charge on any atom is -0.339 e. The number of amides is 1. The average Bonchev–Trinajstić information content (AvgIpc) is 2.45. The van der Waals surface area contributed by atoms with Crippen molar-refractivity contribution in [3.05, 3.63) is 59.1 Å². The zero-order valence-corrected chi connectivity index (χ0v) is 13.8. The second kappa shape index (κ2) is 6.22. The molecule has 5 nitrogen and oxygen atoms in total. The zero-order chi connectivity index (χ0) is 16.4. The number of sulfonamides is 1. The number of carbonyl (C=O) groups is 1. The van der Waals surface area contributed by atoms with E-state index in [1.165, 1.54) is 18.2 Å². The Hall–Kier alpha value is -2.05. The SMILES string of the molecule is O=C(c1cccc(S(=O)(=O)Nc2cccc(Cl)c2)c1)N1CCC1. The summed E-state index contributed by atoms with van der Waals surface area (Å²) in [6, 6.07) is 12.5. The number of anilines is 1. The molecule has 1 N–H and O–H groups in total. The molecule has 1 aliphatic rings. The van der Waals surface area contributed by atoms with Gasteiger partial charge in [0.25, 0.3) is 15.9 Å². The van der Waals surface area contributed by atoms with Gasteiger partial charge in [0.15, 0.2) is 0 Å². The Labute approximate surface area is 139 Å². The molecule has 7 heteroatoms. The van der Waals surface area contributed by atoms with E-state index in [0.29, 0.717) is 16.3 Å². The molecule has 0 aromatic heterocycles. The Morgan fingerprint density at radius 3 is 2.48 bits per heavy atom. The van der Waals surface area contributed by atoms with Crippen molar-refractivity contribution in [1.29, 1.82) is 0 Å². The Morgan fingerprint density at radius 2 is 1.83 bits per heavy atom. The summed E-state index contributed by atoms with van der Waals surface area (Å²) in [5.74, 6) is -0.143. The predicted molar refractivity (Wildman–Crippen MR) is 89.2 cm³/mol. The molecule has 1 saturated heterocycles. The molecule has 0 aliphatic carbocycles. The first-order valence-corrected chi connectivity index (χ1v) is 8.99. The lowest BCUT2D eigenvalue weighted by Gasteiger charge is -2.31. The number of rotatable bonds is 4. The van der Waals surface area contributed by atoms with E-state index < -0.39 is 10.0 Å². The highest BCUT2D eigenvalue weighted by Crippen LogP contribution is 2.21. The molecular weight excluding hydrogens is 336 g/mol. The molecule has 1 heterocycles. The predicted octanol–water partition coefficient (Wildman–Crippen LogP) is 2.99. The van der Waals surface area contributed by atoms with Crippen LogP contribution in [0.25, 0.3) is 0 Å². The van der Waals surface area contributed by atoms with Gasteiger partial charge in [-0.25, -0.2) is 8.42 Å². The molecule has 1 amide bonds. The van der Waals surface area contributed by atoms with E-state index in [4.69, 9.17) is 11.6 Å². The molecule has 0 radical (unpaired) electrons. The highest BCUT2D eigenvalue weighted by Gasteiger charge is 2.23. The number of nitrogens with zero attached hydrogens (tertiary/aromatic N) is 1. The number of halogens is 1. The van der Waals surface area contributed by atoms with Gasteiger partial charge in [-0.2, -0.15) is 0 Å². The van der Waals surface area contributed by atoms with Crippen LogP contribution in [-0.2, 0) is 10.0 Å². The number of hydrogen-bond acceptors (Lipinski definition) is 3. The van der Waals surface area contributed by atoms with Crippen LogP contribution in [0.2, 0.25) is 5.02 Å². The van der Waals surface area contributed by atoms with E-state index in [-0.39, 0.29) is 10.8 Å². The summed E-state index contributed by atoms with van der Waals surface area (Å²) in [5.41, 5.74) is 0.746. The first kappa shape index (κ1) is 15.8.